The van der Waals surface area contributed by atoms with Gasteiger partial charge in [-0.3, -0.25) is 0 Å². The van der Waals surface area contributed by atoms with Gasteiger partial charge in [0.2, 0.25) is 0 Å². The van der Waals surface area contributed by atoms with Crippen molar-refractivity contribution in [1.82, 2.24) is 4.57 Å². The van der Waals surface area contributed by atoms with Crippen LogP contribution < -0.4 is 31.1 Å². The van der Waals surface area contributed by atoms with Crippen LogP contribution in [0.15, 0.2) is 285 Å². The van der Waals surface area contributed by atoms with Gasteiger partial charge in [-0.2, -0.15) is 0 Å². The van der Waals surface area contributed by atoms with Crippen molar-refractivity contribution in [3.63, 3.8) is 0 Å². The van der Waals surface area contributed by atoms with Crippen molar-refractivity contribution in [1.29, 1.82) is 0 Å². The molecule has 2 aliphatic heterocycles. The number of rotatable bonds is 6. The molecule has 1 aromatic heterocycles. The van der Waals surface area contributed by atoms with E-state index in [0.29, 0.717) is 0 Å². The van der Waals surface area contributed by atoms with Crippen molar-refractivity contribution in [3.8, 4) is 27.9 Å². The molecule has 3 heterocycles. The van der Waals surface area contributed by atoms with Crippen molar-refractivity contribution < 1.29 is 0 Å². The van der Waals surface area contributed by atoms with Crippen LogP contribution in [-0.4, -0.2) is 11.3 Å². The molecule has 1 spiro atoms. The van der Waals surface area contributed by atoms with E-state index in [1.54, 1.807) is 0 Å². The van der Waals surface area contributed by atoms with E-state index >= 15 is 0 Å². The van der Waals surface area contributed by atoms with E-state index in [2.05, 4.69) is 304 Å². The lowest BCUT2D eigenvalue weighted by Crippen LogP contribution is -2.61. The Kier molecular flexibility index (Phi) is 9.11. The number of benzene rings is 12. The Morgan fingerprint density at radius 2 is 0.833 bits per heavy atom. The predicted octanol–water partition coefficient (Wildman–Crippen LogP) is 16.7. The molecule has 17 rings (SSSR count). The summed E-state index contributed by atoms with van der Waals surface area (Å²) in [5.74, 6) is 0. The van der Waals surface area contributed by atoms with E-state index in [4.69, 9.17) is 0 Å². The van der Waals surface area contributed by atoms with Crippen molar-refractivity contribution in [2.24, 2.45) is 0 Å². The minimum Gasteiger partial charge on any atom is -0.311 e. The zero-order chi connectivity index (χ0) is 51.1. The average molecular weight is 991 g/mol. The highest BCUT2D eigenvalue weighted by Crippen LogP contribution is 2.65. The third-order valence-electron chi connectivity index (χ3n) is 17.3. The van der Waals surface area contributed by atoms with Gasteiger partial charge in [-0.05, 0) is 152 Å². The van der Waals surface area contributed by atoms with Crippen LogP contribution in [0.1, 0.15) is 22.3 Å². The lowest BCUT2D eigenvalue weighted by Gasteiger charge is -2.44. The molecule has 0 saturated carbocycles. The van der Waals surface area contributed by atoms with Gasteiger partial charge in [-0.25, -0.2) is 0 Å². The molecule has 362 valence electrons. The molecule has 0 bridgehead atoms. The normalized spacial score (nSPS) is 13.7. The summed E-state index contributed by atoms with van der Waals surface area (Å²) >= 11 is 0. The molecular weight excluding hydrogens is 944 g/mol. The predicted molar refractivity (Wildman–Crippen MR) is 326 cm³/mol. The zero-order valence-electron chi connectivity index (χ0n) is 42.5. The van der Waals surface area contributed by atoms with Crippen LogP contribution in [-0.2, 0) is 5.41 Å². The fraction of sp³-hybridized carbons (Fsp3) is 0.0137. The first-order chi connectivity index (χ1) is 38.8. The van der Waals surface area contributed by atoms with E-state index in [1.165, 1.54) is 105 Å². The molecule has 13 aromatic rings. The fourth-order valence-electron chi connectivity index (χ4n) is 14.4. The Balaban J connectivity index is 0.930. The third kappa shape index (κ3) is 5.79. The number of hydrogen-bond acceptors (Lipinski definition) is 3. The van der Waals surface area contributed by atoms with Gasteiger partial charge in [0.1, 0.15) is 0 Å². The molecule has 78 heavy (non-hydrogen) atoms. The quantitative estimate of drug-likeness (QED) is 0.154. The standard InChI is InChI=1S/C73H47BN4/c1-4-22-48(23-5-1)75(49-24-6-2-7-25-49)52-42-44-63-70(47-52)77(51-43-45-65-57(46-51)55-30-13-18-37-64(55)76(65)50-26-8-3-9-27-50)68-40-21-41-69-72(68)74(63)62-36-17-19-38-66(62)78(69)67-39-20-35-61-71(67)56-31-12-16-34-60(56)73(61)58-32-14-10-28-53(58)54-29-11-15-33-59(54)73/h1-47H. The molecule has 0 atom stereocenters. The van der Waals surface area contributed by atoms with Crippen LogP contribution in [0.2, 0.25) is 0 Å². The van der Waals surface area contributed by atoms with E-state index in [0.717, 1.165) is 34.1 Å². The molecule has 0 N–H and O–H groups in total. The lowest BCUT2D eigenvalue weighted by molar-refractivity contribution is 0.794. The number of aromatic nitrogens is 1. The summed E-state index contributed by atoms with van der Waals surface area (Å²) in [6, 6.07) is 106. The van der Waals surface area contributed by atoms with Crippen molar-refractivity contribution in [2.45, 2.75) is 5.41 Å². The molecule has 4 aliphatic rings. The van der Waals surface area contributed by atoms with Gasteiger partial charge in [-0.15, -0.1) is 0 Å². The molecule has 0 amide bonds. The van der Waals surface area contributed by atoms with Crippen LogP contribution in [0, 0.1) is 0 Å². The maximum absolute atomic E-state index is 2.60. The molecule has 12 aromatic carbocycles. The van der Waals surface area contributed by atoms with Gasteiger partial charge >= 0.3 is 0 Å². The Morgan fingerprint density at radius 3 is 1.56 bits per heavy atom. The van der Waals surface area contributed by atoms with Crippen LogP contribution >= 0.6 is 0 Å². The number of para-hydroxylation sites is 5. The third-order valence-corrected chi connectivity index (χ3v) is 17.3. The van der Waals surface area contributed by atoms with E-state index in [1.807, 2.05) is 0 Å². The first kappa shape index (κ1) is 43.2. The molecule has 0 radical (unpaired) electrons. The van der Waals surface area contributed by atoms with Gasteiger partial charge < -0.3 is 19.3 Å². The van der Waals surface area contributed by atoms with Gasteiger partial charge in [-0.1, -0.05) is 188 Å². The van der Waals surface area contributed by atoms with E-state index in [-0.39, 0.29) is 6.71 Å². The Bertz CT molecular complexity index is 4520. The number of hydrogen-bond donors (Lipinski definition) is 0. The summed E-state index contributed by atoms with van der Waals surface area (Å²) in [6.07, 6.45) is 0. The van der Waals surface area contributed by atoms with Crippen molar-refractivity contribution in [3.05, 3.63) is 307 Å². The summed E-state index contributed by atoms with van der Waals surface area (Å²) < 4.78 is 2.41. The van der Waals surface area contributed by atoms with Crippen LogP contribution in [0.3, 0.4) is 0 Å². The van der Waals surface area contributed by atoms with Crippen LogP contribution in [0.4, 0.5) is 51.2 Å². The van der Waals surface area contributed by atoms with E-state index in [9.17, 15) is 0 Å². The van der Waals surface area contributed by atoms with E-state index < -0.39 is 5.41 Å². The molecule has 5 heteroatoms. The van der Waals surface area contributed by atoms with Crippen molar-refractivity contribution in [2.75, 3.05) is 14.7 Å². The highest BCUT2D eigenvalue weighted by molar-refractivity contribution is 7.00. The molecule has 4 nitrogen and oxygen atoms in total. The number of anilines is 9. The second-order valence-corrected chi connectivity index (χ2v) is 21.1. The summed E-state index contributed by atoms with van der Waals surface area (Å²) in [7, 11) is 0. The Hall–Kier alpha value is -10.1. The Morgan fingerprint density at radius 1 is 0.308 bits per heavy atom. The maximum Gasteiger partial charge on any atom is 0.252 e. The lowest BCUT2D eigenvalue weighted by atomic mass is 9.33. The summed E-state index contributed by atoms with van der Waals surface area (Å²) in [4.78, 5) is 7.56. The smallest absolute Gasteiger partial charge is 0.252 e. The van der Waals surface area contributed by atoms with Gasteiger partial charge in [0, 0.05) is 67.5 Å². The maximum atomic E-state index is 2.60. The van der Waals surface area contributed by atoms with Crippen LogP contribution in [0.5, 0.6) is 0 Å². The Labute approximate surface area is 453 Å². The number of nitrogens with zero attached hydrogens (tertiary/aromatic N) is 4. The monoisotopic (exact) mass is 990 g/mol. The van der Waals surface area contributed by atoms with Crippen LogP contribution in [0.25, 0.3) is 49.7 Å². The SMILES string of the molecule is c1ccc(N(c2ccccc2)c2ccc3c(c2)N(c2ccc4c(c2)c2ccccc2n4-c2ccccc2)c2cccc4c2B3c2ccccc2N4c2cccc3c2-c2ccccc2C32c3ccccc3-c3ccccc32)cc1. The zero-order valence-corrected chi connectivity index (χ0v) is 42.5. The highest BCUT2D eigenvalue weighted by Gasteiger charge is 2.53. The second kappa shape index (κ2) is 16.5. The van der Waals surface area contributed by atoms with Gasteiger partial charge in [0.15, 0.2) is 0 Å². The highest BCUT2D eigenvalue weighted by atomic mass is 15.2. The molecule has 2 aliphatic carbocycles. The first-order valence-electron chi connectivity index (χ1n) is 27.1. The fourth-order valence-corrected chi connectivity index (χ4v) is 14.4. The molecule has 0 fully saturated rings. The summed E-state index contributed by atoms with van der Waals surface area (Å²) in [5.41, 5.74) is 27.7. The molecular formula is C73H47BN4. The molecule has 0 saturated heterocycles. The topological polar surface area (TPSA) is 14.7 Å². The number of fused-ring (bicyclic) bond motifs is 17. The average Bonchev–Trinajstić information content (AvgIpc) is 2.85. The van der Waals surface area contributed by atoms with Gasteiger partial charge in [0.05, 0.1) is 22.1 Å². The minimum atomic E-state index is -0.466. The summed E-state index contributed by atoms with van der Waals surface area (Å²) in [5, 5.41) is 2.43. The second-order valence-electron chi connectivity index (χ2n) is 21.1. The summed E-state index contributed by atoms with van der Waals surface area (Å²) in [6.45, 7) is -0.0569. The minimum absolute atomic E-state index is 0.0569. The molecule has 0 unspecified atom stereocenters. The largest absolute Gasteiger partial charge is 0.311 e. The first-order valence-corrected chi connectivity index (χ1v) is 27.1. The van der Waals surface area contributed by atoms with Crippen molar-refractivity contribution >= 4 is 96.1 Å². The van der Waals surface area contributed by atoms with Gasteiger partial charge in [0.25, 0.3) is 6.71 Å².